The van der Waals surface area contributed by atoms with Crippen LogP contribution >= 0.6 is 11.6 Å². The van der Waals surface area contributed by atoms with E-state index in [-0.39, 0.29) is 5.91 Å². The maximum absolute atomic E-state index is 12.0. The van der Waals surface area contributed by atoms with Gasteiger partial charge in [-0.25, -0.2) is 0 Å². The lowest BCUT2D eigenvalue weighted by atomic mass is 9.96. The summed E-state index contributed by atoms with van der Waals surface area (Å²) >= 11 is 6.01. The molecule has 0 fully saturated rings. The van der Waals surface area contributed by atoms with Crippen molar-refractivity contribution >= 4 is 23.2 Å². The molecule has 0 spiro atoms. The van der Waals surface area contributed by atoms with Crippen molar-refractivity contribution in [3.05, 3.63) is 28.8 Å². The monoisotopic (exact) mass is 254 g/mol. The third kappa shape index (κ3) is 3.72. The summed E-state index contributed by atoms with van der Waals surface area (Å²) in [6, 6.07) is 5.49. The van der Waals surface area contributed by atoms with Crippen LogP contribution in [0.15, 0.2) is 18.2 Å². The van der Waals surface area contributed by atoms with Gasteiger partial charge in [-0.15, -0.1) is 0 Å². The lowest BCUT2D eigenvalue weighted by molar-refractivity contribution is -0.120. The van der Waals surface area contributed by atoms with Gasteiger partial charge in [-0.05, 0) is 38.0 Å². The molecule has 1 amide bonds. The van der Waals surface area contributed by atoms with Gasteiger partial charge in [0, 0.05) is 0 Å². The first-order valence-electron chi connectivity index (χ1n) is 5.73. The zero-order valence-corrected chi connectivity index (χ0v) is 11.3. The van der Waals surface area contributed by atoms with Gasteiger partial charge in [0.05, 0.1) is 16.2 Å². The lowest BCUT2D eigenvalue weighted by Crippen LogP contribution is -2.48. The van der Waals surface area contributed by atoms with E-state index in [1.807, 2.05) is 26.0 Å². The number of aryl methyl sites for hydroxylation is 1. The van der Waals surface area contributed by atoms with Crippen LogP contribution in [0.5, 0.6) is 0 Å². The zero-order chi connectivity index (χ0) is 13.1. The molecule has 3 N–H and O–H groups in total. The van der Waals surface area contributed by atoms with Crippen molar-refractivity contribution in [2.24, 2.45) is 5.73 Å². The van der Waals surface area contributed by atoms with E-state index in [4.69, 9.17) is 17.3 Å². The second-order valence-electron chi connectivity index (χ2n) is 4.60. The first-order chi connectivity index (χ1) is 7.86. The van der Waals surface area contributed by atoms with Gasteiger partial charge in [0.15, 0.2) is 0 Å². The van der Waals surface area contributed by atoms with Crippen molar-refractivity contribution in [1.29, 1.82) is 0 Å². The number of hydrogen-bond acceptors (Lipinski definition) is 2. The number of halogens is 1. The van der Waals surface area contributed by atoms with Gasteiger partial charge in [0.25, 0.3) is 0 Å². The molecule has 0 radical (unpaired) electrons. The van der Waals surface area contributed by atoms with Gasteiger partial charge in [0.1, 0.15) is 0 Å². The summed E-state index contributed by atoms with van der Waals surface area (Å²) in [5.74, 6) is -0.202. The number of carbonyl (C=O) groups is 1. The highest BCUT2D eigenvalue weighted by Crippen LogP contribution is 2.24. The quantitative estimate of drug-likeness (QED) is 0.868. The predicted molar refractivity (Wildman–Crippen MR) is 72.3 cm³/mol. The number of nitrogens with one attached hydrogen (secondary N) is 1. The molecule has 1 atom stereocenters. The first kappa shape index (κ1) is 14.0. The topological polar surface area (TPSA) is 55.1 Å². The number of carbonyl (C=O) groups excluding carboxylic acids is 1. The molecule has 0 aliphatic heterocycles. The van der Waals surface area contributed by atoms with E-state index in [9.17, 15) is 4.79 Å². The normalized spacial score (nSPS) is 14.2. The first-order valence-corrected chi connectivity index (χ1v) is 6.11. The Labute approximate surface area is 107 Å². The summed E-state index contributed by atoms with van der Waals surface area (Å²) < 4.78 is 0. The summed E-state index contributed by atoms with van der Waals surface area (Å²) in [6.45, 7) is 5.67. The molecule has 4 heteroatoms. The van der Waals surface area contributed by atoms with E-state index in [1.165, 1.54) is 0 Å². The van der Waals surface area contributed by atoms with Crippen molar-refractivity contribution in [2.45, 2.75) is 39.2 Å². The summed E-state index contributed by atoms with van der Waals surface area (Å²) in [4.78, 5) is 12.0. The molecule has 1 aromatic rings. The van der Waals surface area contributed by atoms with Gasteiger partial charge in [0.2, 0.25) is 5.91 Å². The molecular weight excluding hydrogens is 236 g/mol. The van der Waals surface area contributed by atoms with Crippen LogP contribution in [0.4, 0.5) is 5.69 Å². The van der Waals surface area contributed by atoms with Gasteiger partial charge in [-0.2, -0.15) is 0 Å². The summed E-state index contributed by atoms with van der Waals surface area (Å²) in [7, 11) is 0. The molecule has 0 saturated heterocycles. The minimum Gasteiger partial charge on any atom is -0.323 e. The second kappa shape index (κ2) is 5.52. The van der Waals surface area contributed by atoms with Crippen LogP contribution in [-0.4, -0.2) is 11.4 Å². The van der Waals surface area contributed by atoms with Crippen molar-refractivity contribution in [2.75, 3.05) is 5.32 Å². The molecule has 0 bridgehead atoms. The van der Waals surface area contributed by atoms with Crippen LogP contribution in [0, 0.1) is 6.92 Å². The molecule has 3 nitrogen and oxygen atoms in total. The van der Waals surface area contributed by atoms with Crippen LogP contribution < -0.4 is 11.1 Å². The fourth-order valence-electron chi connectivity index (χ4n) is 1.63. The Bertz CT molecular complexity index is 416. The highest BCUT2D eigenvalue weighted by Gasteiger charge is 2.27. The van der Waals surface area contributed by atoms with E-state index in [2.05, 4.69) is 5.32 Å². The average Bonchev–Trinajstić information content (AvgIpc) is 2.23. The largest absolute Gasteiger partial charge is 0.323 e. The SMILES string of the molecule is CCCC(C)(N)C(=O)Nc1cc(C)ccc1Cl. The van der Waals surface area contributed by atoms with Gasteiger partial charge in [-0.1, -0.05) is 31.0 Å². The molecule has 0 aliphatic carbocycles. The fraction of sp³-hybridized carbons (Fsp3) is 0.462. The summed E-state index contributed by atoms with van der Waals surface area (Å²) in [5.41, 5.74) is 6.75. The Morgan fingerprint density at radius 1 is 1.53 bits per heavy atom. The van der Waals surface area contributed by atoms with E-state index in [0.29, 0.717) is 17.1 Å². The number of hydrogen-bond donors (Lipinski definition) is 2. The molecule has 1 aromatic carbocycles. The molecule has 0 heterocycles. The Hall–Kier alpha value is -1.06. The molecule has 0 saturated carbocycles. The van der Waals surface area contributed by atoms with Crippen LogP contribution in [0.2, 0.25) is 5.02 Å². The van der Waals surface area contributed by atoms with Crippen LogP contribution in [-0.2, 0) is 4.79 Å². The number of anilines is 1. The Kier molecular flexibility index (Phi) is 4.54. The van der Waals surface area contributed by atoms with Crippen LogP contribution in [0.3, 0.4) is 0 Å². The fourth-order valence-corrected chi connectivity index (χ4v) is 1.80. The van der Waals surface area contributed by atoms with Crippen LogP contribution in [0.25, 0.3) is 0 Å². The smallest absolute Gasteiger partial charge is 0.244 e. The molecule has 0 aromatic heterocycles. The predicted octanol–water partition coefficient (Wildman–Crippen LogP) is 3.10. The molecule has 94 valence electrons. The van der Waals surface area contributed by atoms with E-state index in [0.717, 1.165) is 12.0 Å². The second-order valence-corrected chi connectivity index (χ2v) is 5.01. The highest BCUT2D eigenvalue weighted by atomic mass is 35.5. The van der Waals surface area contributed by atoms with Crippen LogP contribution in [0.1, 0.15) is 32.3 Å². The lowest BCUT2D eigenvalue weighted by Gasteiger charge is -2.23. The third-order valence-corrected chi connectivity index (χ3v) is 2.99. The number of nitrogens with two attached hydrogens (primary N) is 1. The zero-order valence-electron chi connectivity index (χ0n) is 10.5. The maximum Gasteiger partial charge on any atom is 0.244 e. The molecule has 1 unspecified atom stereocenters. The summed E-state index contributed by atoms with van der Waals surface area (Å²) in [5, 5.41) is 3.30. The van der Waals surface area contributed by atoms with Crippen molar-refractivity contribution < 1.29 is 4.79 Å². The highest BCUT2D eigenvalue weighted by molar-refractivity contribution is 6.33. The Balaban J connectivity index is 2.84. The van der Waals surface area contributed by atoms with E-state index < -0.39 is 5.54 Å². The van der Waals surface area contributed by atoms with Crippen molar-refractivity contribution in [1.82, 2.24) is 0 Å². The molecule has 0 aliphatic rings. The summed E-state index contributed by atoms with van der Waals surface area (Å²) in [6.07, 6.45) is 1.50. The van der Waals surface area contributed by atoms with Crippen molar-refractivity contribution in [3.63, 3.8) is 0 Å². The van der Waals surface area contributed by atoms with E-state index in [1.54, 1.807) is 13.0 Å². The maximum atomic E-state index is 12.0. The third-order valence-electron chi connectivity index (χ3n) is 2.66. The van der Waals surface area contributed by atoms with Gasteiger partial charge < -0.3 is 11.1 Å². The van der Waals surface area contributed by atoms with Crippen molar-refractivity contribution in [3.8, 4) is 0 Å². The minimum absolute atomic E-state index is 0.202. The Morgan fingerprint density at radius 2 is 2.18 bits per heavy atom. The Morgan fingerprint density at radius 3 is 2.76 bits per heavy atom. The van der Waals surface area contributed by atoms with Gasteiger partial charge in [-0.3, -0.25) is 4.79 Å². The number of amides is 1. The number of rotatable bonds is 4. The average molecular weight is 255 g/mol. The molecular formula is C13H19ClN2O. The standard InChI is InChI=1S/C13H19ClN2O/c1-4-7-13(3,15)12(17)16-11-8-9(2)5-6-10(11)14/h5-6,8H,4,7,15H2,1-3H3,(H,16,17). The van der Waals surface area contributed by atoms with E-state index >= 15 is 0 Å². The molecule has 17 heavy (non-hydrogen) atoms. The minimum atomic E-state index is -0.859. The molecule has 1 rings (SSSR count). The van der Waals surface area contributed by atoms with Gasteiger partial charge >= 0.3 is 0 Å². The number of benzene rings is 1.